The predicted octanol–water partition coefficient (Wildman–Crippen LogP) is 5.35. The highest BCUT2D eigenvalue weighted by molar-refractivity contribution is 6.32. The minimum absolute atomic E-state index is 0.00507. The Hall–Kier alpha value is -3.51. The Kier molecular flexibility index (Phi) is 6.94. The topological polar surface area (TPSA) is 113 Å². The maximum atomic E-state index is 16.8. The van der Waals surface area contributed by atoms with Crippen LogP contribution in [0.25, 0.3) is 22.2 Å². The first-order chi connectivity index (χ1) is 21.7. The molecule has 2 aromatic heterocycles. The van der Waals surface area contributed by atoms with Crippen LogP contribution in [0.4, 0.5) is 19.4 Å². The number of benzene rings is 1. The van der Waals surface area contributed by atoms with Gasteiger partial charge in [-0.1, -0.05) is 11.6 Å². The van der Waals surface area contributed by atoms with E-state index in [4.69, 9.17) is 26.1 Å². The van der Waals surface area contributed by atoms with Gasteiger partial charge in [-0.2, -0.15) is 9.97 Å². The molecular weight excluding hydrogens is 606 g/mol. The summed E-state index contributed by atoms with van der Waals surface area (Å²) in [6.45, 7) is 4.08. The van der Waals surface area contributed by atoms with E-state index in [0.717, 1.165) is 25.8 Å². The van der Waals surface area contributed by atoms with Gasteiger partial charge >= 0.3 is 12.1 Å². The van der Waals surface area contributed by atoms with Gasteiger partial charge in [0.1, 0.15) is 35.6 Å². The van der Waals surface area contributed by atoms with E-state index in [1.54, 1.807) is 6.20 Å². The van der Waals surface area contributed by atoms with E-state index in [2.05, 4.69) is 20.2 Å². The Labute approximate surface area is 264 Å². The number of anilines is 1. The number of carbonyl (C=O) groups excluding carboxylic acids is 1. The highest BCUT2D eigenvalue weighted by Gasteiger charge is 2.49. The summed E-state index contributed by atoms with van der Waals surface area (Å²) >= 11 is 6.67. The number of alkyl carbamates (subject to hydrolysis) is 1. The molecule has 238 valence electrons. The van der Waals surface area contributed by atoms with Gasteiger partial charge in [0.15, 0.2) is 5.82 Å². The smallest absolute Gasteiger partial charge is 0.407 e. The molecule has 9 rings (SSSR count). The number of fused-ring (bicyclic) bond motifs is 6. The Balaban J connectivity index is 1.26. The molecule has 0 spiro atoms. The molecule has 1 amide bonds. The van der Waals surface area contributed by atoms with Gasteiger partial charge in [0.05, 0.1) is 23.6 Å². The fourth-order valence-electron chi connectivity index (χ4n) is 8.18. The van der Waals surface area contributed by atoms with Gasteiger partial charge in [0, 0.05) is 42.3 Å². The number of nitrogens with zero attached hydrogens (tertiary/aromatic N) is 5. The molecular formula is C32H35ClF2N6O4. The van der Waals surface area contributed by atoms with E-state index in [1.165, 1.54) is 12.1 Å². The number of alkyl halides is 1. The maximum absolute atomic E-state index is 16.8. The quantitative estimate of drug-likeness (QED) is 0.391. The summed E-state index contributed by atoms with van der Waals surface area (Å²) in [7, 11) is 0. The van der Waals surface area contributed by atoms with Crippen molar-refractivity contribution in [2.75, 3.05) is 37.7 Å². The lowest BCUT2D eigenvalue weighted by molar-refractivity contribution is 0.107. The highest BCUT2D eigenvalue weighted by Crippen LogP contribution is 2.55. The molecule has 10 nitrogen and oxygen atoms in total. The van der Waals surface area contributed by atoms with Crippen LogP contribution in [0, 0.1) is 11.7 Å². The highest BCUT2D eigenvalue weighted by atomic mass is 35.5. The first-order valence-corrected chi connectivity index (χ1v) is 16.2. The van der Waals surface area contributed by atoms with Crippen molar-refractivity contribution in [3.05, 3.63) is 34.7 Å². The zero-order valence-corrected chi connectivity index (χ0v) is 25.7. The largest absolute Gasteiger partial charge is 0.508 e. The van der Waals surface area contributed by atoms with Crippen LogP contribution in [0.3, 0.4) is 0 Å². The number of aromatic hydroxyl groups is 1. The molecule has 6 bridgehead atoms. The Morgan fingerprint density at radius 3 is 3.00 bits per heavy atom. The second-order valence-corrected chi connectivity index (χ2v) is 13.8. The van der Waals surface area contributed by atoms with Crippen molar-refractivity contribution in [2.24, 2.45) is 5.92 Å². The molecule has 3 saturated heterocycles. The van der Waals surface area contributed by atoms with Crippen molar-refractivity contribution in [3.63, 3.8) is 0 Å². The van der Waals surface area contributed by atoms with Gasteiger partial charge in [-0.3, -0.25) is 9.88 Å². The Bertz CT molecular complexity index is 1700. The van der Waals surface area contributed by atoms with Crippen LogP contribution in [-0.4, -0.2) is 87.7 Å². The lowest BCUT2D eigenvalue weighted by Crippen LogP contribution is -2.43. The van der Waals surface area contributed by atoms with Gasteiger partial charge < -0.3 is 24.8 Å². The van der Waals surface area contributed by atoms with Gasteiger partial charge in [-0.05, 0) is 75.1 Å². The van der Waals surface area contributed by atoms with Crippen molar-refractivity contribution in [1.82, 2.24) is 25.2 Å². The van der Waals surface area contributed by atoms with Crippen LogP contribution in [0.2, 0.25) is 5.02 Å². The number of ether oxygens (including phenoxy) is 2. The molecule has 45 heavy (non-hydrogen) atoms. The molecule has 0 unspecified atom stereocenters. The number of halogens is 3. The second kappa shape index (κ2) is 10.8. The average Bonchev–Trinajstić information content (AvgIpc) is 3.31. The van der Waals surface area contributed by atoms with Crippen molar-refractivity contribution >= 4 is 34.4 Å². The van der Waals surface area contributed by atoms with Crippen LogP contribution in [-0.2, 0) is 4.74 Å². The third-order valence-electron chi connectivity index (χ3n) is 10.4. The molecule has 1 aromatic carbocycles. The monoisotopic (exact) mass is 640 g/mol. The zero-order valence-electron chi connectivity index (χ0n) is 24.9. The van der Waals surface area contributed by atoms with Gasteiger partial charge in [-0.15, -0.1) is 0 Å². The second-order valence-electron chi connectivity index (χ2n) is 13.4. The third-order valence-corrected chi connectivity index (χ3v) is 10.7. The predicted molar refractivity (Wildman–Crippen MR) is 163 cm³/mol. The average molecular weight is 641 g/mol. The fourth-order valence-corrected chi connectivity index (χ4v) is 8.53. The van der Waals surface area contributed by atoms with E-state index in [-0.39, 0.29) is 60.1 Å². The van der Waals surface area contributed by atoms with E-state index in [1.807, 2.05) is 11.8 Å². The number of rotatable bonds is 3. The molecule has 1 aliphatic carbocycles. The molecule has 7 heterocycles. The molecule has 5 aliphatic heterocycles. The summed E-state index contributed by atoms with van der Waals surface area (Å²) in [5.41, 5.74) is 0.714. The number of carbonyl (C=O) groups is 1. The molecule has 6 aliphatic rings. The van der Waals surface area contributed by atoms with Crippen LogP contribution < -0.4 is 15.0 Å². The first-order valence-electron chi connectivity index (χ1n) is 15.8. The van der Waals surface area contributed by atoms with E-state index < -0.39 is 23.6 Å². The molecule has 1 saturated carbocycles. The molecule has 4 fully saturated rings. The molecule has 0 radical (unpaired) electrons. The minimum atomic E-state index is -0.917. The number of amides is 1. The van der Waals surface area contributed by atoms with Gasteiger partial charge in [0.25, 0.3) is 0 Å². The Morgan fingerprint density at radius 1 is 1.27 bits per heavy atom. The van der Waals surface area contributed by atoms with Crippen LogP contribution in [0.5, 0.6) is 11.8 Å². The van der Waals surface area contributed by atoms with E-state index in [0.29, 0.717) is 59.7 Å². The number of hydrogen-bond donors (Lipinski definition) is 2. The first kappa shape index (κ1) is 28.9. The van der Waals surface area contributed by atoms with Crippen LogP contribution >= 0.6 is 11.6 Å². The summed E-state index contributed by atoms with van der Waals surface area (Å²) < 4.78 is 43.0. The van der Waals surface area contributed by atoms with Crippen LogP contribution in [0.1, 0.15) is 56.9 Å². The molecule has 3 aromatic rings. The SMILES string of the molecule is C[C@@H]1C[C@@H]2CN1c1nc(OC[C@@]34CCCN3C[C@H](F)C4)nc3c(F)c(ncc13)-c1cc(O)cc(Cl)c1[C@@H]1C[C@@H]1CCOC(=O)N2. The lowest BCUT2D eigenvalue weighted by atomic mass is 9.95. The van der Waals surface area contributed by atoms with Crippen molar-refractivity contribution in [2.45, 2.75) is 75.2 Å². The van der Waals surface area contributed by atoms with E-state index in [9.17, 15) is 14.3 Å². The number of aromatic nitrogens is 3. The van der Waals surface area contributed by atoms with Gasteiger partial charge in [0.2, 0.25) is 0 Å². The van der Waals surface area contributed by atoms with Crippen molar-refractivity contribution < 1.29 is 28.2 Å². The van der Waals surface area contributed by atoms with Crippen LogP contribution in [0.15, 0.2) is 18.3 Å². The minimum Gasteiger partial charge on any atom is -0.508 e. The number of phenols is 1. The summed E-state index contributed by atoms with van der Waals surface area (Å²) in [6, 6.07) is 2.67. The Morgan fingerprint density at radius 2 is 2.13 bits per heavy atom. The van der Waals surface area contributed by atoms with Crippen molar-refractivity contribution in [3.8, 4) is 23.0 Å². The number of hydrogen-bond acceptors (Lipinski definition) is 9. The lowest BCUT2D eigenvalue weighted by Gasteiger charge is -2.31. The summed E-state index contributed by atoms with van der Waals surface area (Å²) in [5.74, 6) is -0.155. The summed E-state index contributed by atoms with van der Waals surface area (Å²) in [5, 5.41) is 14.2. The molecule has 2 N–H and O–H groups in total. The molecule has 6 atom stereocenters. The number of nitrogens with one attached hydrogen (secondary N) is 1. The maximum Gasteiger partial charge on any atom is 0.407 e. The normalized spacial score (nSPS) is 31.0. The zero-order chi connectivity index (χ0) is 31.0. The van der Waals surface area contributed by atoms with E-state index >= 15 is 4.39 Å². The standard InChI is InChI=1S/C32H35ClF2N6O4/c1-16-7-19-14-41(16)29-23-12-36-27(22-9-20(42)10-24(33)25(22)21-8-17(21)3-6-44-31(43)37-19)26(35)28(23)38-30(39-29)45-15-32-4-2-5-40(32)13-18(34)11-32/h9-10,12,16-19,21,42H,2-8,11,13-15H2,1H3,(H,37,43)/t16-,17+,18-,19-,21-,32+/m1/s1. The third kappa shape index (κ3) is 5.00. The fraction of sp³-hybridized carbons (Fsp3) is 0.562. The molecule has 13 heteroatoms. The van der Waals surface area contributed by atoms with Gasteiger partial charge in [-0.25, -0.2) is 13.6 Å². The summed E-state index contributed by atoms with van der Waals surface area (Å²) in [4.78, 5) is 30.8. The summed E-state index contributed by atoms with van der Waals surface area (Å²) in [6.07, 6.45) is 4.37. The number of phenolic OH excluding ortho intramolecular Hbond substituents is 1. The van der Waals surface area contributed by atoms with Crippen molar-refractivity contribution in [1.29, 1.82) is 0 Å². The number of pyridine rings is 1.